The standard InChI is InChI=1S/C29H32N2O3S/c1-18-6-5-7-22(16-18)34-15-14-33-21-11-8-19(9-12-21)26-30-27(32)25-23-13-10-20(29(2,3)4)17-24(23)35-28(25)31-26/h5-9,11-12,16,20H,10,13-15,17H2,1-4H3,(H,30,31,32)/t20-/m1/s1. The van der Waals surface area contributed by atoms with E-state index in [-0.39, 0.29) is 11.0 Å². The van der Waals surface area contributed by atoms with Crippen molar-refractivity contribution >= 4 is 21.6 Å². The van der Waals surface area contributed by atoms with Gasteiger partial charge in [-0.1, -0.05) is 32.9 Å². The van der Waals surface area contributed by atoms with Crippen molar-refractivity contribution in [3.63, 3.8) is 0 Å². The van der Waals surface area contributed by atoms with Gasteiger partial charge in [-0.05, 0) is 85.0 Å². The van der Waals surface area contributed by atoms with Crippen molar-refractivity contribution < 1.29 is 9.47 Å². The molecule has 182 valence electrons. The number of aromatic nitrogens is 2. The summed E-state index contributed by atoms with van der Waals surface area (Å²) in [5.41, 5.74) is 3.48. The molecular formula is C29H32N2O3S. The van der Waals surface area contributed by atoms with E-state index in [4.69, 9.17) is 14.5 Å². The first kappa shape index (κ1) is 23.6. The Bertz CT molecular complexity index is 1400. The van der Waals surface area contributed by atoms with E-state index in [1.165, 1.54) is 16.0 Å². The summed E-state index contributed by atoms with van der Waals surface area (Å²) in [4.78, 5) is 23.1. The van der Waals surface area contributed by atoms with Crippen LogP contribution in [0, 0.1) is 18.3 Å². The molecule has 0 unspecified atom stereocenters. The fourth-order valence-corrected chi connectivity index (χ4v) is 6.09. The Kier molecular flexibility index (Phi) is 6.41. The molecule has 0 fully saturated rings. The number of aromatic amines is 1. The minimum Gasteiger partial charge on any atom is -0.490 e. The Morgan fingerprint density at radius 2 is 1.80 bits per heavy atom. The largest absolute Gasteiger partial charge is 0.490 e. The van der Waals surface area contributed by atoms with Crippen LogP contribution in [0.4, 0.5) is 0 Å². The van der Waals surface area contributed by atoms with Gasteiger partial charge in [-0.2, -0.15) is 0 Å². The number of H-pyrrole nitrogens is 1. The lowest BCUT2D eigenvalue weighted by atomic mass is 9.72. The van der Waals surface area contributed by atoms with Gasteiger partial charge in [0.2, 0.25) is 0 Å². The fourth-order valence-electron chi connectivity index (χ4n) is 4.79. The number of ether oxygens (including phenoxy) is 2. The van der Waals surface area contributed by atoms with Crippen molar-refractivity contribution in [3.8, 4) is 22.9 Å². The van der Waals surface area contributed by atoms with Gasteiger partial charge in [0.25, 0.3) is 5.56 Å². The van der Waals surface area contributed by atoms with Crippen molar-refractivity contribution in [2.45, 2.75) is 47.0 Å². The molecule has 0 amide bonds. The van der Waals surface area contributed by atoms with Gasteiger partial charge in [-0.15, -0.1) is 11.3 Å². The molecular weight excluding hydrogens is 456 g/mol. The monoisotopic (exact) mass is 488 g/mol. The zero-order valence-corrected chi connectivity index (χ0v) is 21.6. The first-order valence-electron chi connectivity index (χ1n) is 12.3. The molecule has 0 saturated carbocycles. The van der Waals surface area contributed by atoms with Gasteiger partial charge in [-0.3, -0.25) is 4.79 Å². The summed E-state index contributed by atoms with van der Waals surface area (Å²) in [6, 6.07) is 15.6. The highest BCUT2D eigenvalue weighted by atomic mass is 32.1. The number of hydrogen-bond donors (Lipinski definition) is 1. The summed E-state index contributed by atoms with van der Waals surface area (Å²) >= 11 is 1.69. The summed E-state index contributed by atoms with van der Waals surface area (Å²) in [5, 5.41) is 0.787. The van der Waals surface area contributed by atoms with Crippen molar-refractivity contribution in [2.75, 3.05) is 13.2 Å². The zero-order valence-electron chi connectivity index (χ0n) is 20.8. The molecule has 35 heavy (non-hydrogen) atoms. The number of aryl methyl sites for hydroxylation is 2. The molecule has 5 nitrogen and oxygen atoms in total. The lowest BCUT2D eigenvalue weighted by molar-refractivity contribution is 0.217. The van der Waals surface area contributed by atoms with Crippen LogP contribution in [0.3, 0.4) is 0 Å². The first-order valence-corrected chi connectivity index (χ1v) is 13.1. The van der Waals surface area contributed by atoms with E-state index in [9.17, 15) is 4.79 Å². The number of rotatable bonds is 6. The number of thiophene rings is 1. The van der Waals surface area contributed by atoms with Gasteiger partial charge < -0.3 is 14.5 Å². The SMILES string of the molecule is Cc1cccc(OCCOc2ccc(-c3nc4sc5c(c4c(=O)[nH]3)CC[C@@H](C(C)(C)C)C5)cc2)c1. The fraction of sp³-hybridized carbons (Fsp3) is 0.379. The average Bonchev–Trinajstić information content (AvgIpc) is 3.20. The van der Waals surface area contributed by atoms with Crippen molar-refractivity contribution in [1.29, 1.82) is 0 Å². The van der Waals surface area contributed by atoms with Crippen LogP contribution in [0.25, 0.3) is 21.6 Å². The molecule has 0 saturated heterocycles. The maximum absolute atomic E-state index is 13.0. The molecule has 6 heteroatoms. The van der Waals surface area contributed by atoms with Gasteiger partial charge in [0.1, 0.15) is 35.4 Å². The van der Waals surface area contributed by atoms with Gasteiger partial charge in [0.05, 0.1) is 5.39 Å². The van der Waals surface area contributed by atoms with Gasteiger partial charge in [0, 0.05) is 10.4 Å². The molecule has 0 bridgehead atoms. The molecule has 2 aromatic carbocycles. The van der Waals surface area contributed by atoms with E-state index in [2.05, 4.69) is 25.8 Å². The maximum Gasteiger partial charge on any atom is 0.260 e. The lowest BCUT2D eigenvalue weighted by Gasteiger charge is -2.33. The Labute approximate surface area is 210 Å². The third-order valence-corrected chi connectivity index (χ3v) is 8.03. The zero-order chi connectivity index (χ0) is 24.6. The van der Waals surface area contributed by atoms with Crippen LogP contribution in [0.1, 0.15) is 43.2 Å². The molecule has 0 aliphatic heterocycles. The smallest absolute Gasteiger partial charge is 0.260 e. The topological polar surface area (TPSA) is 64.2 Å². The van der Waals surface area contributed by atoms with Crippen LogP contribution in [-0.2, 0) is 12.8 Å². The summed E-state index contributed by atoms with van der Waals surface area (Å²) in [6.45, 7) is 9.89. The van der Waals surface area contributed by atoms with E-state index in [0.717, 1.165) is 46.5 Å². The predicted molar refractivity (Wildman–Crippen MR) is 143 cm³/mol. The highest BCUT2D eigenvalue weighted by Crippen LogP contribution is 2.42. The predicted octanol–water partition coefficient (Wildman–Crippen LogP) is 6.57. The molecule has 2 heterocycles. The molecule has 1 atom stereocenters. The quantitative estimate of drug-likeness (QED) is 0.312. The summed E-state index contributed by atoms with van der Waals surface area (Å²) in [6.07, 6.45) is 3.12. The van der Waals surface area contributed by atoms with E-state index in [0.29, 0.717) is 25.0 Å². The molecule has 4 aromatic rings. The second-order valence-corrected chi connectivity index (χ2v) is 11.5. The van der Waals surface area contributed by atoms with Crippen molar-refractivity contribution in [3.05, 3.63) is 74.9 Å². The number of nitrogens with one attached hydrogen (secondary N) is 1. The van der Waals surface area contributed by atoms with Gasteiger partial charge >= 0.3 is 0 Å². The highest BCUT2D eigenvalue weighted by Gasteiger charge is 2.31. The Morgan fingerprint density at radius 3 is 2.51 bits per heavy atom. The van der Waals surface area contributed by atoms with Gasteiger partial charge in [-0.25, -0.2) is 4.98 Å². The molecule has 1 aliphatic carbocycles. The lowest BCUT2D eigenvalue weighted by Crippen LogP contribution is -2.26. The molecule has 1 aliphatic rings. The minimum absolute atomic E-state index is 0.0367. The van der Waals surface area contributed by atoms with E-state index in [1.807, 2.05) is 55.5 Å². The molecule has 5 rings (SSSR count). The third-order valence-electron chi connectivity index (χ3n) is 6.88. The summed E-state index contributed by atoms with van der Waals surface area (Å²) in [7, 11) is 0. The Balaban J connectivity index is 1.27. The second kappa shape index (κ2) is 9.50. The third kappa shape index (κ3) is 5.13. The molecule has 2 aromatic heterocycles. The second-order valence-electron chi connectivity index (χ2n) is 10.4. The summed E-state index contributed by atoms with van der Waals surface area (Å²) in [5.74, 6) is 2.84. The van der Waals surface area contributed by atoms with Crippen LogP contribution in [-0.4, -0.2) is 23.2 Å². The highest BCUT2D eigenvalue weighted by molar-refractivity contribution is 7.18. The maximum atomic E-state index is 13.0. The molecule has 0 spiro atoms. The van der Waals surface area contributed by atoms with Crippen LogP contribution < -0.4 is 15.0 Å². The van der Waals surface area contributed by atoms with E-state index >= 15 is 0 Å². The number of nitrogens with zero attached hydrogens (tertiary/aromatic N) is 1. The molecule has 1 N–H and O–H groups in total. The molecule has 0 radical (unpaired) electrons. The van der Waals surface area contributed by atoms with Gasteiger partial charge in [0.15, 0.2) is 0 Å². The van der Waals surface area contributed by atoms with Crippen LogP contribution in [0.5, 0.6) is 11.5 Å². The van der Waals surface area contributed by atoms with Crippen LogP contribution >= 0.6 is 11.3 Å². The van der Waals surface area contributed by atoms with E-state index in [1.54, 1.807) is 11.3 Å². The minimum atomic E-state index is -0.0367. The van der Waals surface area contributed by atoms with Crippen LogP contribution in [0.15, 0.2) is 53.3 Å². The Hall–Kier alpha value is -3.12. The van der Waals surface area contributed by atoms with Crippen LogP contribution in [0.2, 0.25) is 0 Å². The normalized spacial score (nSPS) is 15.7. The summed E-state index contributed by atoms with van der Waals surface area (Å²) < 4.78 is 11.6. The number of hydrogen-bond acceptors (Lipinski definition) is 5. The number of fused-ring (bicyclic) bond motifs is 3. The Morgan fingerprint density at radius 1 is 1.06 bits per heavy atom. The average molecular weight is 489 g/mol. The van der Waals surface area contributed by atoms with Crippen molar-refractivity contribution in [1.82, 2.24) is 9.97 Å². The van der Waals surface area contributed by atoms with E-state index < -0.39 is 0 Å². The van der Waals surface area contributed by atoms with Crippen molar-refractivity contribution in [2.24, 2.45) is 11.3 Å². The number of benzene rings is 2. The first-order chi connectivity index (χ1) is 16.8.